The highest BCUT2D eigenvalue weighted by Crippen LogP contribution is 2.36. The van der Waals surface area contributed by atoms with Crippen LogP contribution < -0.4 is 0 Å². The van der Waals surface area contributed by atoms with Crippen molar-refractivity contribution < 1.29 is 9.63 Å². The van der Waals surface area contributed by atoms with Crippen LogP contribution in [0.15, 0.2) is 4.52 Å². The number of aryl methyl sites for hydroxylation is 1. The van der Waals surface area contributed by atoms with Crippen LogP contribution in [0.5, 0.6) is 0 Å². The highest BCUT2D eigenvalue weighted by Gasteiger charge is 2.36. The fraction of sp³-hybridized carbons (Fsp3) is 0.818. The van der Waals surface area contributed by atoms with Crippen molar-refractivity contribution in [1.29, 1.82) is 0 Å². The minimum Gasteiger partial charge on any atom is -0.389 e. The lowest BCUT2D eigenvalue weighted by molar-refractivity contribution is 0.0368. The summed E-state index contributed by atoms with van der Waals surface area (Å²) in [6.07, 6.45) is 4.06. The second-order valence-corrected chi connectivity index (χ2v) is 4.71. The van der Waals surface area contributed by atoms with Crippen molar-refractivity contribution in [2.75, 3.05) is 0 Å². The van der Waals surface area contributed by atoms with E-state index in [1.165, 1.54) is 0 Å². The highest BCUT2D eigenvalue weighted by molar-refractivity contribution is 4.97. The van der Waals surface area contributed by atoms with Crippen molar-refractivity contribution in [3.05, 3.63) is 11.7 Å². The zero-order valence-electron chi connectivity index (χ0n) is 9.36. The van der Waals surface area contributed by atoms with Crippen LogP contribution in [-0.4, -0.2) is 20.8 Å². The lowest BCUT2D eigenvalue weighted by Crippen LogP contribution is -2.27. The first-order valence-corrected chi connectivity index (χ1v) is 5.65. The number of rotatable bonds is 3. The summed E-state index contributed by atoms with van der Waals surface area (Å²) in [5.74, 6) is 1.90. The highest BCUT2D eigenvalue weighted by atomic mass is 16.5. The summed E-state index contributed by atoms with van der Waals surface area (Å²) in [5.41, 5.74) is -0.614. The van der Waals surface area contributed by atoms with Crippen LogP contribution in [0.25, 0.3) is 0 Å². The Morgan fingerprint density at radius 3 is 2.93 bits per heavy atom. The van der Waals surface area contributed by atoms with Gasteiger partial charge in [-0.2, -0.15) is 4.98 Å². The molecule has 0 aromatic carbocycles. The number of hydrogen-bond donors (Lipinski definition) is 1. The molecule has 0 saturated heterocycles. The van der Waals surface area contributed by atoms with Gasteiger partial charge in [-0.3, -0.25) is 0 Å². The summed E-state index contributed by atoms with van der Waals surface area (Å²) in [7, 11) is 0. The molecular formula is C11H18N2O2. The Balaban J connectivity index is 2.02. The molecule has 1 aromatic rings. The molecule has 15 heavy (non-hydrogen) atoms. The fourth-order valence-corrected chi connectivity index (χ4v) is 2.32. The molecule has 1 saturated carbocycles. The van der Waals surface area contributed by atoms with Gasteiger partial charge in [0.2, 0.25) is 5.89 Å². The first kappa shape index (κ1) is 10.6. The van der Waals surface area contributed by atoms with Crippen LogP contribution in [0.2, 0.25) is 0 Å². The van der Waals surface area contributed by atoms with Crippen molar-refractivity contribution in [2.45, 2.75) is 51.6 Å². The van der Waals surface area contributed by atoms with E-state index in [-0.39, 0.29) is 0 Å². The average molecular weight is 210 g/mol. The van der Waals surface area contributed by atoms with Crippen LogP contribution in [0.1, 0.15) is 44.8 Å². The number of hydrogen-bond acceptors (Lipinski definition) is 4. The quantitative estimate of drug-likeness (QED) is 0.825. The third-order valence-corrected chi connectivity index (χ3v) is 3.14. The van der Waals surface area contributed by atoms with Crippen LogP contribution in [0, 0.1) is 5.92 Å². The standard InChI is InChI=1S/C11H18N2O2/c1-3-9-12-10(15-13-9)7-11(14)5-4-8(2)6-11/h8,14H,3-7H2,1-2H3/t8-,11-/m1/s1. The summed E-state index contributed by atoms with van der Waals surface area (Å²) >= 11 is 0. The summed E-state index contributed by atoms with van der Waals surface area (Å²) in [5, 5.41) is 14.1. The van der Waals surface area contributed by atoms with E-state index in [0.717, 1.165) is 31.5 Å². The van der Waals surface area contributed by atoms with E-state index in [1.807, 2.05) is 6.92 Å². The minimum absolute atomic E-state index is 0.504. The normalized spacial score (nSPS) is 31.0. The zero-order chi connectivity index (χ0) is 10.9. The lowest BCUT2D eigenvalue weighted by atomic mass is 9.97. The predicted molar refractivity (Wildman–Crippen MR) is 55.3 cm³/mol. The molecule has 1 heterocycles. The maximum absolute atomic E-state index is 10.3. The van der Waals surface area contributed by atoms with Crippen LogP contribution in [0.4, 0.5) is 0 Å². The van der Waals surface area contributed by atoms with Crippen LogP contribution in [-0.2, 0) is 12.8 Å². The van der Waals surface area contributed by atoms with E-state index >= 15 is 0 Å². The Morgan fingerprint density at radius 1 is 1.60 bits per heavy atom. The Bertz CT molecular complexity index is 337. The van der Waals surface area contributed by atoms with Crippen molar-refractivity contribution >= 4 is 0 Å². The van der Waals surface area contributed by atoms with E-state index in [1.54, 1.807) is 0 Å². The molecule has 1 fully saturated rings. The molecule has 0 bridgehead atoms. The second kappa shape index (κ2) is 3.93. The van der Waals surface area contributed by atoms with Crippen molar-refractivity contribution in [3.8, 4) is 0 Å². The summed E-state index contributed by atoms with van der Waals surface area (Å²) in [6.45, 7) is 4.16. The Morgan fingerprint density at radius 2 is 2.40 bits per heavy atom. The van der Waals surface area contributed by atoms with Crippen molar-refractivity contribution in [2.24, 2.45) is 5.92 Å². The molecule has 4 heteroatoms. The van der Waals surface area contributed by atoms with Crippen molar-refractivity contribution in [3.63, 3.8) is 0 Å². The third-order valence-electron chi connectivity index (χ3n) is 3.14. The molecule has 0 unspecified atom stereocenters. The van der Waals surface area contributed by atoms with E-state index < -0.39 is 5.60 Å². The molecule has 0 amide bonds. The van der Waals surface area contributed by atoms with Gasteiger partial charge in [0.05, 0.1) is 12.0 Å². The van der Waals surface area contributed by atoms with Gasteiger partial charge in [0.1, 0.15) is 0 Å². The van der Waals surface area contributed by atoms with Gasteiger partial charge in [0.25, 0.3) is 0 Å². The van der Waals surface area contributed by atoms with E-state index in [4.69, 9.17) is 4.52 Å². The smallest absolute Gasteiger partial charge is 0.229 e. The van der Waals surface area contributed by atoms with Gasteiger partial charge >= 0.3 is 0 Å². The van der Waals surface area contributed by atoms with Crippen molar-refractivity contribution in [1.82, 2.24) is 10.1 Å². The predicted octanol–water partition coefficient (Wildman–Crippen LogP) is 1.73. The molecule has 0 spiro atoms. The SMILES string of the molecule is CCc1noc(C[C@@]2(O)CC[C@@H](C)C2)n1. The number of aliphatic hydroxyl groups is 1. The summed E-state index contributed by atoms with van der Waals surface area (Å²) < 4.78 is 5.10. The minimum atomic E-state index is -0.614. The topological polar surface area (TPSA) is 59.2 Å². The van der Waals surface area contributed by atoms with Gasteiger partial charge in [-0.1, -0.05) is 19.0 Å². The molecule has 2 atom stereocenters. The van der Waals surface area contributed by atoms with E-state index in [2.05, 4.69) is 17.1 Å². The Labute approximate surface area is 89.7 Å². The fourth-order valence-electron chi connectivity index (χ4n) is 2.32. The maximum atomic E-state index is 10.3. The lowest BCUT2D eigenvalue weighted by Gasteiger charge is -2.19. The maximum Gasteiger partial charge on any atom is 0.229 e. The molecule has 0 aliphatic heterocycles. The first-order valence-electron chi connectivity index (χ1n) is 5.65. The molecule has 84 valence electrons. The first-order chi connectivity index (χ1) is 7.11. The molecule has 1 aromatic heterocycles. The monoisotopic (exact) mass is 210 g/mol. The van der Waals surface area contributed by atoms with E-state index in [9.17, 15) is 5.11 Å². The zero-order valence-corrected chi connectivity index (χ0v) is 9.36. The Hall–Kier alpha value is -0.900. The summed E-state index contributed by atoms with van der Waals surface area (Å²) in [4.78, 5) is 4.22. The van der Waals surface area contributed by atoms with Gasteiger partial charge in [-0.25, -0.2) is 0 Å². The Kier molecular flexibility index (Phi) is 2.78. The van der Waals surface area contributed by atoms with Gasteiger partial charge in [-0.15, -0.1) is 0 Å². The third kappa shape index (κ3) is 2.37. The second-order valence-electron chi connectivity index (χ2n) is 4.71. The average Bonchev–Trinajstić information content (AvgIpc) is 2.74. The number of aromatic nitrogens is 2. The van der Waals surface area contributed by atoms with Crippen LogP contribution >= 0.6 is 0 Å². The van der Waals surface area contributed by atoms with Gasteiger partial charge in [-0.05, 0) is 25.2 Å². The molecule has 4 nitrogen and oxygen atoms in total. The van der Waals surface area contributed by atoms with Gasteiger partial charge < -0.3 is 9.63 Å². The molecule has 1 N–H and O–H groups in total. The largest absolute Gasteiger partial charge is 0.389 e. The molecule has 1 aliphatic rings. The molecule has 2 rings (SSSR count). The molecule has 1 aliphatic carbocycles. The van der Waals surface area contributed by atoms with Gasteiger partial charge in [0, 0.05) is 6.42 Å². The summed E-state index contributed by atoms with van der Waals surface area (Å²) in [6, 6.07) is 0. The molecule has 0 radical (unpaired) electrons. The molecular weight excluding hydrogens is 192 g/mol. The number of nitrogens with zero attached hydrogens (tertiary/aromatic N) is 2. The van der Waals surface area contributed by atoms with Crippen LogP contribution in [0.3, 0.4) is 0 Å². The van der Waals surface area contributed by atoms with E-state index in [0.29, 0.717) is 18.2 Å². The van der Waals surface area contributed by atoms with Gasteiger partial charge in [0.15, 0.2) is 5.82 Å².